The summed E-state index contributed by atoms with van der Waals surface area (Å²) in [6.45, 7) is 5.46. The van der Waals surface area contributed by atoms with Crippen LogP contribution in [0.25, 0.3) is 0 Å². The zero-order chi connectivity index (χ0) is 18.5. The summed E-state index contributed by atoms with van der Waals surface area (Å²) >= 11 is 1.93. The fourth-order valence-corrected chi connectivity index (χ4v) is 2.57. The summed E-state index contributed by atoms with van der Waals surface area (Å²) in [6, 6.07) is 2.01. The van der Waals surface area contributed by atoms with Crippen LogP contribution in [0.2, 0.25) is 0 Å². The zero-order valence-corrected chi connectivity index (χ0v) is 16.2. The van der Waals surface area contributed by atoms with Crippen LogP contribution >= 0.6 is 22.6 Å². The Hall–Kier alpha value is -1.48. The summed E-state index contributed by atoms with van der Waals surface area (Å²) in [7, 11) is 1.41. The first-order chi connectivity index (χ1) is 11.1. The normalized spacial score (nSPS) is 14.0. The Labute approximate surface area is 154 Å². The maximum absolute atomic E-state index is 14.1. The Bertz CT molecular complexity index is 665. The lowest BCUT2D eigenvalue weighted by atomic mass is 9.87. The number of Topliss-reactive ketones (excluding diaryl/α,β-unsaturated/α-hetero) is 1. The van der Waals surface area contributed by atoms with Crippen molar-refractivity contribution in [2.75, 3.05) is 13.7 Å². The molecule has 132 valence electrons. The molecule has 1 atom stereocenters. The van der Waals surface area contributed by atoms with Gasteiger partial charge in [0.05, 0.1) is 40.7 Å². The van der Waals surface area contributed by atoms with E-state index < -0.39 is 17.6 Å². The Kier molecular flexibility index (Phi) is 7.34. The highest BCUT2D eigenvalue weighted by Gasteiger charge is 2.24. The van der Waals surface area contributed by atoms with Gasteiger partial charge in [-0.15, -0.1) is 0 Å². The van der Waals surface area contributed by atoms with Gasteiger partial charge in [0.2, 0.25) is 5.78 Å². The highest BCUT2D eigenvalue weighted by molar-refractivity contribution is 14.1. The lowest BCUT2D eigenvalue weighted by Gasteiger charge is -2.25. The second-order valence-electron chi connectivity index (χ2n) is 6.22. The number of hydrogen-bond acceptors (Lipinski definition) is 5. The van der Waals surface area contributed by atoms with Crippen molar-refractivity contribution in [1.82, 2.24) is 0 Å². The van der Waals surface area contributed by atoms with E-state index in [0.717, 1.165) is 12.3 Å². The molecule has 0 radical (unpaired) electrons. The van der Waals surface area contributed by atoms with Gasteiger partial charge in [0.15, 0.2) is 0 Å². The molecular weight excluding hydrogens is 428 g/mol. The predicted molar refractivity (Wildman–Crippen MR) is 99.5 cm³/mol. The molecule has 1 rings (SSSR count). The van der Waals surface area contributed by atoms with Crippen LogP contribution in [-0.4, -0.2) is 42.0 Å². The smallest absolute Gasteiger partial charge is 0.200 e. The molecule has 1 aromatic rings. The lowest BCUT2D eigenvalue weighted by Crippen LogP contribution is -2.28. The van der Waals surface area contributed by atoms with E-state index in [1.165, 1.54) is 13.2 Å². The van der Waals surface area contributed by atoms with E-state index in [4.69, 9.17) is 4.74 Å². The van der Waals surface area contributed by atoms with Crippen LogP contribution in [0, 0.1) is 14.8 Å². The lowest BCUT2D eigenvalue weighted by molar-refractivity contribution is 0.103. The standard InChI is InChI=1S/C17H21FINO4/c1-17(2,3)15(9-22)20-7-10(8-21)16(23)11-5-13(19)14(24-4)6-12(11)18/h5-8,15,21-22H,9H2,1-4H3/t15-/m1/s1. The molecule has 0 spiro atoms. The fraction of sp³-hybridized carbons (Fsp3) is 0.412. The van der Waals surface area contributed by atoms with Gasteiger partial charge in [0.25, 0.3) is 0 Å². The van der Waals surface area contributed by atoms with Crippen LogP contribution in [0.15, 0.2) is 29.0 Å². The van der Waals surface area contributed by atoms with Crippen LogP contribution in [0.3, 0.4) is 0 Å². The fourth-order valence-electron chi connectivity index (χ4n) is 1.88. The molecule has 5 nitrogen and oxygen atoms in total. The van der Waals surface area contributed by atoms with Crippen molar-refractivity contribution >= 4 is 34.6 Å². The highest BCUT2D eigenvalue weighted by Crippen LogP contribution is 2.26. The summed E-state index contributed by atoms with van der Waals surface area (Å²) in [6.07, 6.45) is 1.74. The molecule has 0 unspecified atom stereocenters. The number of methoxy groups -OCH3 is 1. The van der Waals surface area contributed by atoms with Crippen LogP contribution in [0.4, 0.5) is 4.39 Å². The van der Waals surface area contributed by atoms with Crippen molar-refractivity contribution in [2.45, 2.75) is 26.8 Å². The highest BCUT2D eigenvalue weighted by atomic mass is 127. The van der Waals surface area contributed by atoms with Crippen molar-refractivity contribution in [3.63, 3.8) is 0 Å². The van der Waals surface area contributed by atoms with E-state index in [9.17, 15) is 19.4 Å². The number of aliphatic imine (C=N–C) groups is 1. The Morgan fingerprint density at radius 1 is 1.46 bits per heavy atom. The molecule has 0 aliphatic rings. The molecule has 0 aliphatic carbocycles. The van der Waals surface area contributed by atoms with Gasteiger partial charge in [0.1, 0.15) is 11.6 Å². The molecule has 0 saturated carbocycles. The van der Waals surface area contributed by atoms with Gasteiger partial charge in [-0.3, -0.25) is 9.79 Å². The van der Waals surface area contributed by atoms with E-state index in [1.54, 1.807) is 0 Å². The number of carbonyl (C=O) groups excluding carboxylic acids is 1. The average molecular weight is 449 g/mol. The SMILES string of the molecule is COc1cc(F)c(C(=O)C(C=N[C@H](CO)C(C)(C)C)=CO)cc1I. The quantitative estimate of drug-likeness (QED) is 0.229. The summed E-state index contributed by atoms with van der Waals surface area (Å²) in [5, 5.41) is 18.7. The number of ketones is 1. The van der Waals surface area contributed by atoms with Gasteiger partial charge >= 0.3 is 0 Å². The Balaban J connectivity index is 3.15. The first-order valence-electron chi connectivity index (χ1n) is 7.21. The summed E-state index contributed by atoms with van der Waals surface area (Å²) in [5.74, 6) is -1.13. The molecule has 0 saturated heterocycles. The molecule has 0 aromatic heterocycles. The minimum absolute atomic E-state index is 0.169. The molecule has 1 aromatic carbocycles. The molecular formula is C17H21FINO4. The van der Waals surface area contributed by atoms with E-state index in [2.05, 4.69) is 4.99 Å². The Morgan fingerprint density at radius 3 is 2.54 bits per heavy atom. The third-order valence-electron chi connectivity index (χ3n) is 3.45. The van der Waals surface area contributed by atoms with Gasteiger partial charge in [-0.1, -0.05) is 20.8 Å². The van der Waals surface area contributed by atoms with Gasteiger partial charge in [-0.2, -0.15) is 0 Å². The number of hydrogen-bond donors (Lipinski definition) is 2. The van der Waals surface area contributed by atoms with E-state index in [0.29, 0.717) is 15.6 Å². The molecule has 0 amide bonds. The van der Waals surface area contributed by atoms with E-state index >= 15 is 0 Å². The van der Waals surface area contributed by atoms with Crippen molar-refractivity contribution in [3.8, 4) is 5.75 Å². The third kappa shape index (κ3) is 5.01. The number of aliphatic hydroxyl groups is 2. The minimum Gasteiger partial charge on any atom is -0.515 e. The van der Waals surface area contributed by atoms with Gasteiger partial charge in [-0.05, 0) is 34.1 Å². The second-order valence-corrected chi connectivity index (χ2v) is 7.38. The number of rotatable bonds is 6. The predicted octanol–water partition coefficient (Wildman–Crippen LogP) is 3.54. The van der Waals surface area contributed by atoms with Crippen LogP contribution in [-0.2, 0) is 0 Å². The average Bonchev–Trinajstić information content (AvgIpc) is 2.51. The van der Waals surface area contributed by atoms with Crippen LogP contribution in [0.5, 0.6) is 5.75 Å². The molecule has 0 bridgehead atoms. The van der Waals surface area contributed by atoms with E-state index in [-0.39, 0.29) is 23.2 Å². The van der Waals surface area contributed by atoms with Gasteiger partial charge in [0, 0.05) is 12.3 Å². The largest absolute Gasteiger partial charge is 0.515 e. The van der Waals surface area contributed by atoms with Crippen molar-refractivity contribution in [2.24, 2.45) is 10.4 Å². The summed E-state index contributed by atoms with van der Waals surface area (Å²) in [5.41, 5.74) is -0.684. The number of halogens is 2. The topological polar surface area (TPSA) is 79.1 Å². The van der Waals surface area contributed by atoms with Crippen molar-refractivity contribution in [3.05, 3.63) is 38.9 Å². The molecule has 7 heteroatoms. The number of ether oxygens (including phenoxy) is 1. The number of aliphatic hydroxyl groups excluding tert-OH is 2. The first-order valence-corrected chi connectivity index (χ1v) is 8.29. The number of nitrogens with zero attached hydrogens (tertiary/aromatic N) is 1. The molecule has 0 heterocycles. The maximum Gasteiger partial charge on any atom is 0.200 e. The van der Waals surface area contributed by atoms with Crippen LogP contribution in [0.1, 0.15) is 31.1 Å². The van der Waals surface area contributed by atoms with Gasteiger partial charge in [-0.25, -0.2) is 4.39 Å². The molecule has 2 N–H and O–H groups in total. The van der Waals surface area contributed by atoms with Crippen molar-refractivity contribution in [1.29, 1.82) is 0 Å². The second kappa shape index (κ2) is 8.57. The summed E-state index contributed by atoms with van der Waals surface area (Å²) in [4.78, 5) is 16.6. The zero-order valence-electron chi connectivity index (χ0n) is 14.0. The minimum atomic E-state index is -0.750. The number of carbonyl (C=O) groups is 1. The molecule has 0 fully saturated rings. The number of allylic oxidation sites excluding steroid dienone is 1. The monoisotopic (exact) mass is 449 g/mol. The molecule has 24 heavy (non-hydrogen) atoms. The summed E-state index contributed by atoms with van der Waals surface area (Å²) < 4.78 is 19.7. The third-order valence-corrected chi connectivity index (χ3v) is 4.30. The van der Waals surface area contributed by atoms with E-state index in [1.807, 2.05) is 43.4 Å². The first kappa shape index (κ1) is 20.6. The molecule has 0 aliphatic heterocycles. The maximum atomic E-state index is 14.1. The Morgan fingerprint density at radius 2 is 2.08 bits per heavy atom. The number of benzene rings is 1. The van der Waals surface area contributed by atoms with Crippen LogP contribution < -0.4 is 4.74 Å². The van der Waals surface area contributed by atoms with Gasteiger partial charge < -0.3 is 14.9 Å². The van der Waals surface area contributed by atoms with Crippen molar-refractivity contribution < 1.29 is 24.1 Å².